The van der Waals surface area contributed by atoms with Gasteiger partial charge in [0, 0.05) is 0 Å². The maximum absolute atomic E-state index is 11.4. The summed E-state index contributed by atoms with van der Waals surface area (Å²) in [6, 6.07) is 13.3. The van der Waals surface area contributed by atoms with Crippen molar-refractivity contribution in [3.63, 3.8) is 0 Å². The van der Waals surface area contributed by atoms with Gasteiger partial charge in [-0.3, -0.25) is 0 Å². The van der Waals surface area contributed by atoms with Gasteiger partial charge in [-0.05, 0) is 48.9 Å². The zero-order valence-corrected chi connectivity index (χ0v) is 75.0. The molecule has 624 valence electrons. The summed E-state index contributed by atoms with van der Waals surface area (Å²) in [5.41, 5.74) is 1.35. The van der Waals surface area contributed by atoms with E-state index in [2.05, 4.69) is 13.8 Å². The van der Waals surface area contributed by atoms with Crippen molar-refractivity contribution >= 4 is 43.3 Å². The maximum Gasteiger partial charge on any atom is 2.00 e. The van der Waals surface area contributed by atoms with E-state index in [1.54, 1.807) is 24.3 Å². The smallest absolute Gasteiger partial charge is 0.744 e. The SMILES string of the molecule is CCCCCCCCCCCCCCCCCCCCCCCCCCCCCCCCCCCCCCCCCCCc1ccccc1S(=O)(=O)[O-].CCCCCCCCCCCCCCCCCCCCCCCCCCCCCCCCCCCCCCCCCCCc1ccccc1S(=O)(=O)[O-].[Mg+2]. The largest absolute Gasteiger partial charge is 2.00 e. The van der Waals surface area contributed by atoms with Gasteiger partial charge in [-0.1, -0.05) is 564 Å². The average molecular weight is 1540 g/mol. The molecule has 0 aliphatic rings. The molecule has 6 nitrogen and oxygen atoms in total. The van der Waals surface area contributed by atoms with E-state index in [1.165, 1.54) is 513 Å². The molecule has 0 aliphatic heterocycles. The van der Waals surface area contributed by atoms with Gasteiger partial charge in [-0.15, -0.1) is 0 Å². The van der Waals surface area contributed by atoms with Crippen molar-refractivity contribution in [1.82, 2.24) is 0 Å². The molecule has 0 unspecified atom stereocenters. The zero-order valence-electron chi connectivity index (χ0n) is 72.0. The molecule has 0 N–H and O–H groups in total. The van der Waals surface area contributed by atoms with Gasteiger partial charge in [0.05, 0.1) is 9.79 Å². The number of aryl methyl sites for hydroxylation is 2. The normalized spacial score (nSPS) is 11.8. The Morgan fingerprint density at radius 3 is 0.393 bits per heavy atom. The molecule has 2 rings (SSSR count). The van der Waals surface area contributed by atoms with Gasteiger partial charge in [0.25, 0.3) is 0 Å². The predicted octanol–water partition coefficient (Wildman–Crippen LogP) is 33.9. The molecule has 0 radical (unpaired) electrons. The summed E-state index contributed by atoms with van der Waals surface area (Å²) in [6.45, 7) is 4.61. The van der Waals surface area contributed by atoms with Crippen molar-refractivity contribution in [1.29, 1.82) is 0 Å². The minimum Gasteiger partial charge on any atom is -0.744 e. The predicted molar refractivity (Wildman–Crippen MR) is 472 cm³/mol. The second-order valence-electron chi connectivity index (χ2n) is 33.9. The topological polar surface area (TPSA) is 114 Å². The van der Waals surface area contributed by atoms with Crippen molar-refractivity contribution < 1.29 is 25.9 Å². The Morgan fingerprint density at radius 1 is 0.178 bits per heavy atom. The molecule has 0 atom stereocenters. The summed E-state index contributed by atoms with van der Waals surface area (Å²) in [5, 5.41) is 0. The number of hydrogen-bond donors (Lipinski definition) is 0. The first-order valence-corrected chi connectivity index (χ1v) is 51.0. The standard InChI is InChI=1S/2C49H92O3S.Mg/c2*1-2-3-4-5-6-7-8-9-10-11-12-13-14-15-16-17-18-19-20-21-22-23-24-25-26-27-28-29-30-31-32-33-34-35-36-37-38-39-40-41-42-45-48-46-43-44-47-49(48)53(50,51)52;/h2*43-44,46-47H,2-42,45H2,1H3,(H,50,51,52);/q;;+2/p-2. The molecule has 0 saturated heterocycles. The second kappa shape index (κ2) is 85.9. The summed E-state index contributed by atoms with van der Waals surface area (Å²) >= 11 is 0. The van der Waals surface area contributed by atoms with Crippen molar-refractivity contribution in [2.75, 3.05) is 0 Å². The van der Waals surface area contributed by atoms with Gasteiger partial charge in [0.2, 0.25) is 0 Å². The third-order valence-corrected chi connectivity index (χ3v) is 25.5. The first kappa shape index (κ1) is 106. The van der Waals surface area contributed by atoms with E-state index in [1.807, 2.05) is 12.1 Å². The molecule has 0 aliphatic carbocycles. The Kier molecular flexibility index (Phi) is 85.1. The third-order valence-electron chi connectivity index (χ3n) is 23.6. The van der Waals surface area contributed by atoms with Crippen molar-refractivity contribution in [2.24, 2.45) is 0 Å². The van der Waals surface area contributed by atoms with Crippen LogP contribution in [-0.2, 0) is 33.1 Å². The second-order valence-corrected chi connectivity index (χ2v) is 36.6. The zero-order chi connectivity index (χ0) is 76.4. The van der Waals surface area contributed by atoms with Crippen LogP contribution in [0, 0.1) is 0 Å². The van der Waals surface area contributed by atoms with Crippen LogP contribution in [0.3, 0.4) is 0 Å². The van der Waals surface area contributed by atoms with Gasteiger partial charge in [0.1, 0.15) is 20.2 Å². The molecule has 0 aromatic heterocycles. The van der Waals surface area contributed by atoms with E-state index < -0.39 is 20.2 Å². The molecular weight excluding hydrogens is 1360 g/mol. The van der Waals surface area contributed by atoms with Crippen LogP contribution in [0.4, 0.5) is 0 Å². The van der Waals surface area contributed by atoms with Crippen LogP contribution in [0.25, 0.3) is 0 Å². The van der Waals surface area contributed by atoms with Crippen LogP contribution >= 0.6 is 0 Å². The fourth-order valence-corrected chi connectivity index (χ4v) is 17.9. The van der Waals surface area contributed by atoms with Crippen LogP contribution in [-0.4, -0.2) is 49.0 Å². The Bertz CT molecular complexity index is 2110. The minimum atomic E-state index is -4.37. The molecule has 0 bridgehead atoms. The summed E-state index contributed by atoms with van der Waals surface area (Å²) in [5.74, 6) is 0. The summed E-state index contributed by atoms with van der Waals surface area (Å²) in [6.07, 6.45) is 118. The molecule has 2 aromatic rings. The first-order valence-electron chi connectivity index (χ1n) is 48.2. The van der Waals surface area contributed by atoms with Crippen LogP contribution in [0.2, 0.25) is 0 Å². The Hall–Kier alpha value is -0.974. The summed E-state index contributed by atoms with van der Waals surface area (Å²) < 4.78 is 68.4. The van der Waals surface area contributed by atoms with Gasteiger partial charge in [-0.25, -0.2) is 16.8 Å². The van der Waals surface area contributed by atoms with Gasteiger partial charge >= 0.3 is 23.1 Å². The van der Waals surface area contributed by atoms with Crippen LogP contribution < -0.4 is 0 Å². The van der Waals surface area contributed by atoms with Gasteiger partial charge in [-0.2, -0.15) is 0 Å². The molecule has 0 fully saturated rings. The van der Waals surface area contributed by atoms with E-state index in [0.29, 0.717) is 24.0 Å². The molecular formula is C98H182MgO6S2. The third kappa shape index (κ3) is 78.7. The number of unbranched alkanes of at least 4 members (excludes halogenated alkanes) is 80. The van der Waals surface area contributed by atoms with Crippen LogP contribution in [0.15, 0.2) is 58.3 Å². The summed E-state index contributed by atoms with van der Waals surface area (Å²) in [7, 11) is -8.74. The molecule has 0 saturated carbocycles. The van der Waals surface area contributed by atoms with E-state index in [9.17, 15) is 25.9 Å². The van der Waals surface area contributed by atoms with E-state index in [0.717, 1.165) is 25.7 Å². The monoisotopic (exact) mass is 1540 g/mol. The average Bonchev–Trinajstić information content (AvgIpc) is 0.847. The Labute approximate surface area is 686 Å². The fourth-order valence-electron chi connectivity index (χ4n) is 16.5. The Balaban J connectivity index is 0.00000208. The molecule has 107 heavy (non-hydrogen) atoms. The van der Waals surface area contributed by atoms with E-state index >= 15 is 0 Å². The molecule has 2 aromatic carbocycles. The quantitative estimate of drug-likeness (QED) is 0.0370. The van der Waals surface area contributed by atoms with Crippen LogP contribution in [0.1, 0.15) is 551 Å². The molecule has 9 heteroatoms. The minimum absolute atomic E-state index is 0. The van der Waals surface area contributed by atoms with Crippen LogP contribution in [0.5, 0.6) is 0 Å². The molecule has 0 amide bonds. The fraction of sp³-hybridized carbons (Fsp3) is 0.878. The molecule has 0 spiro atoms. The van der Waals surface area contributed by atoms with E-state index in [4.69, 9.17) is 0 Å². The maximum atomic E-state index is 11.4. The number of rotatable bonds is 86. The first-order chi connectivity index (χ1) is 52.1. The summed E-state index contributed by atoms with van der Waals surface area (Å²) in [4.78, 5) is -0.0799. The Morgan fingerprint density at radius 2 is 0.280 bits per heavy atom. The number of hydrogen-bond acceptors (Lipinski definition) is 6. The number of benzene rings is 2. The van der Waals surface area contributed by atoms with Gasteiger partial charge in [0.15, 0.2) is 0 Å². The molecule has 0 heterocycles. The van der Waals surface area contributed by atoms with Gasteiger partial charge < -0.3 is 9.11 Å². The van der Waals surface area contributed by atoms with Crippen molar-refractivity contribution in [3.05, 3.63) is 59.7 Å². The van der Waals surface area contributed by atoms with E-state index in [-0.39, 0.29) is 32.8 Å². The van der Waals surface area contributed by atoms with Crippen molar-refractivity contribution in [3.8, 4) is 0 Å². The van der Waals surface area contributed by atoms with Crippen molar-refractivity contribution in [2.45, 2.75) is 563 Å².